The largest absolute Gasteiger partial charge is 0.378 e. The Hall–Kier alpha value is -1.39. The SMILES string of the molecule is Cc1ccc(CC(=O)N2CCN3[C@@H](COC[C@@H]3C3CC3)C2)cc1. The molecule has 4 rings (SSSR count). The van der Waals surface area contributed by atoms with Gasteiger partial charge in [-0.05, 0) is 31.2 Å². The monoisotopic (exact) mass is 314 g/mol. The topological polar surface area (TPSA) is 32.8 Å². The molecular formula is C19H26N2O2. The predicted molar refractivity (Wildman–Crippen MR) is 89.3 cm³/mol. The molecule has 0 radical (unpaired) electrons. The summed E-state index contributed by atoms with van der Waals surface area (Å²) < 4.78 is 5.83. The van der Waals surface area contributed by atoms with Crippen LogP contribution in [0, 0.1) is 12.8 Å². The standard InChI is InChI=1S/C19H26N2O2/c1-14-2-4-15(5-3-14)10-19(22)20-8-9-21-17(11-20)12-23-13-18(21)16-6-7-16/h2-5,16-18H,6-13H2,1H3/t17-,18-/m1/s1. The predicted octanol–water partition coefficient (Wildman–Crippen LogP) is 1.86. The van der Waals surface area contributed by atoms with Crippen LogP contribution < -0.4 is 0 Å². The van der Waals surface area contributed by atoms with Crippen LogP contribution in [-0.4, -0.2) is 60.6 Å². The second-order valence-corrected chi connectivity index (χ2v) is 7.34. The van der Waals surface area contributed by atoms with Crippen molar-refractivity contribution < 1.29 is 9.53 Å². The van der Waals surface area contributed by atoms with Crippen molar-refractivity contribution in [2.45, 2.75) is 38.3 Å². The first kappa shape index (κ1) is 15.2. The number of ether oxygens (including phenoxy) is 1. The minimum Gasteiger partial charge on any atom is -0.378 e. The van der Waals surface area contributed by atoms with Gasteiger partial charge in [-0.3, -0.25) is 9.69 Å². The molecule has 2 saturated heterocycles. The number of carbonyl (C=O) groups excluding carboxylic acids is 1. The molecule has 2 aliphatic heterocycles. The van der Waals surface area contributed by atoms with Crippen molar-refractivity contribution >= 4 is 5.91 Å². The molecule has 1 aliphatic carbocycles. The molecule has 1 saturated carbocycles. The summed E-state index contributed by atoms with van der Waals surface area (Å²) in [5.74, 6) is 1.09. The number of benzene rings is 1. The maximum Gasteiger partial charge on any atom is 0.227 e. The lowest BCUT2D eigenvalue weighted by Crippen LogP contribution is -2.63. The molecule has 3 aliphatic rings. The van der Waals surface area contributed by atoms with Gasteiger partial charge in [-0.15, -0.1) is 0 Å². The van der Waals surface area contributed by atoms with Crippen molar-refractivity contribution in [3.05, 3.63) is 35.4 Å². The number of hydrogen-bond acceptors (Lipinski definition) is 3. The number of amides is 1. The number of fused-ring (bicyclic) bond motifs is 1. The number of aryl methyl sites for hydroxylation is 1. The van der Waals surface area contributed by atoms with Crippen LogP contribution in [0.5, 0.6) is 0 Å². The Morgan fingerprint density at radius 3 is 2.70 bits per heavy atom. The van der Waals surface area contributed by atoms with Gasteiger partial charge in [0.15, 0.2) is 0 Å². The molecule has 124 valence electrons. The summed E-state index contributed by atoms with van der Waals surface area (Å²) in [4.78, 5) is 17.3. The Labute approximate surface area is 138 Å². The molecule has 0 N–H and O–H groups in total. The molecule has 0 unspecified atom stereocenters. The van der Waals surface area contributed by atoms with E-state index >= 15 is 0 Å². The first-order valence-corrected chi connectivity index (χ1v) is 8.87. The fourth-order valence-electron chi connectivity index (χ4n) is 3.98. The minimum absolute atomic E-state index is 0.252. The molecule has 4 nitrogen and oxygen atoms in total. The van der Waals surface area contributed by atoms with Gasteiger partial charge in [0, 0.05) is 25.7 Å². The van der Waals surface area contributed by atoms with Crippen LogP contribution in [0.4, 0.5) is 0 Å². The van der Waals surface area contributed by atoms with Gasteiger partial charge in [0.25, 0.3) is 0 Å². The normalized spacial score (nSPS) is 28.5. The quantitative estimate of drug-likeness (QED) is 0.854. The summed E-state index contributed by atoms with van der Waals surface area (Å²) in [7, 11) is 0. The summed E-state index contributed by atoms with van der Waals surface area (Å²) in [5, 5.41) is 0. The first-order valence-electron chi connectivity index (χ1n) is 8.87. The number of hydrogen-bond donors (Lipinski definition) is 0. The highest BCUT2D eigenvalue weighted by Crippen LogP contribution is 2.38. The van der Waals surface area contributed by atoms with Crippen LogP contribution in [0.1, 0.15) is 24.0 Å². The van der Waals surface area contributed by atoms with Gasteiger partial charge in [-0.2, -0.15) is 0 Å². The van der Waals surface area contributed by atoms with E-state index in [1.54, 1.807) is 0 Å². The molecule has 1 aromatic rings. The number of piperazine rings is 1. The molecule has 2 atom stereocenters. The lowest BCUT2D eigenvalue weighted by atomic mass is 10.0. The Kier molecular flexibility index (Phi) is 4.12. The maximum atomic E-state index is 12.6. The summed E-state index contributed by atoms with van der Waals surface area (Å²) >= 11 is 0. The van der Waals surface area contributed by atoms with Crippen LogP contribution in [-0.2, 0) is 16.0 Å². The van der Waals surface area contributed by atoms with E-state index in [4.69, 9.17) is 4.74 Å². The Morgan fingerprint density at radius 1 is 1.17 bits per heavy atom. The fourth-order valence-corrected chi connectivity index (χ4v) is 3.98. The zero-order chi connectivity index (χ0) is 15.8. The van der Waals surface area contributed by atoms with Gasteiger partial charge in [-0.1, -0.05) is 29.8 Å². The van der Waals surface area contributed by atoms with Crippen molar-refractivity contribution in [3.63, 3.8) is 0 Å². The maximum absolute atomic E-state index is 12.6. The minimum atomic E-state index is 0.252. The van der Waals surface area contributed by atoms with Crippen molar-refractivity contribution in [1.82, 2.24) is 9.80 Å². The average molecular weight is 314 g/mol. The molecule has 4 heteroatoms. The number of morpholine rings is 1. The molecule has 1 aromatic carbocycles. The van der Waals surface area contributed by atoms with Crippen LogP contribution in [0.15, 0.2) is 24.3 Å². The molecule has 23 heavy (non-hydrogen) atoms. The molecule has 0 spiro atoms. The number of carbonyl (C=O) groups is 1. The average Bonchev–Trinajstić information content (AvgIpc) is 3.41. The number of rotatable bonds is 3. The van der Waals surface area contributed by atoms with E-state index in [2.05, 4.69) is 36.1 Å². The van der Waals surface area contributed by atoms with Crippen LogP contribution in [0.2, 0.25) is 0 Å². The smallest absolute Gasteiger partial charge is 0.227 e. The Balaban J connectivity index is 1.37. The third kappa shape index (κ3) is 3.29. The van der Waals surface area contributed by atoms with Crippen molar-refractivity contribution in [1.29, 1.82) is 0 Å². The van der Waals surface area contributed by atoms with E-state index < -0.39 is 0 Å². The van der Waals surface area contributed by atoms with Gasteiger partial charge in [-0.25, -0.2) is 0 Å². The van der Waals surface area contributed by atoms with E-state index in [-0.39, 0.29) is 5.91 Å². The van der Waals surface area contributed by atoms with E-state index in [0.29, 0.717) is 18.5 Å². The van der Waals surface area contributed by atoms with Crippen LogP contribution in [0.25, 0.3) is 0 Å². The summed E-state index contributed by atoms with van der Waals surface area (Å²) in [5.41, 5.74) is 2.35. The lowest BCUT2D eigenvalue weighted by Gasteiger charge is -2.48. The van der Waals surface area contributed by atoms with Crippen LogP contribution >= 0.6 is 0 Å². The number of nitrogens with zero attached hydrogens (tertiary/aromatic N) is 2. The van der Waals surface area contributed by atoms with E-state index in [1.165, 1.54) is 18.4 Å². The summed E-state index contributed by atoms with van der Waals surface area (Å²) in [6.07, 6.45) is 3.22. The van der Waals surface area contributed by atoms with E-state index in [0.717, 1.165) is 44.3 Å². The zero-order valence-corrected chi connectivity index (χ0v) is 13.9. The molecule has 2 heterocycles. The highest BCUT2D eigenvalue weighted by Gasteiger charge is 2.43. The van der Waals surface area contributed by atoms with E-state index in [9.17, 15) is 4.79 Å². The van der Waals surface area contributed by atoms with Gasteiger partial charge < -0.3 is 9.64 Å². The van der Waals surface area contributed by atoms with Crippen molar-refractivity contribution in [2.75, 3.05) is 32.8 Å². The lowest BCUT2D eigenvalue weighted by molar-refractivity contribution is -0.139. The zero-order valence-electron chi connectivity index (χ0n) is 13.9. The van der Waals surface area contributed by atoms with Gasteiger partial charge in [0.1, 0.15) is 0 Å². The fraction of sp³-hybridized carbons (Fsp3) is 0.632. The van der Waals surface area contributed by atoms with Gasteiger partial charge >= 0.3 is 0 Å². The van der Waals surface area contributed by atoms with Gasteiger partial charge in [0.05, 0.1) is 25.7 Å². The van der Waals surface area contributed by atoms with Crippen molar-refractivity contribution in [2.24, 2.45) is 5.92 Å². The Morgan fingerprint density at radius 2 is 1.96 bits per heavy atom. The molecule has 3 fully saturated rings. The Bertz CT molecular complexity index is 567. The molecule has 0 bridgehead atoms. The summed E-state index contributed by atoms with van der Waals surface area (Å²) in [6, 6.07) is 9.28. The van der Waals surface area contributed by atoms with Gasteiger partial charge in [0.2, 0.25) is 5.91 Å². The highest BCUT2D eigenvalue weighted by atomic mass is 16.5. The molecule has 0 aromatic heterocycles. The van der Waals surface area contributed by atoms with Crippen LogP contribution in [0.3, 0.4) is 0 Å². The third-order valence-electron chi connectivity index (χ3n) is 5.55. The molecular weight excluding hydrogens is 288 g/mol. The second-order valence-electron chi connectivity index (χ2n) is 7.34. The highest BCUT2D eigenvalue weighted by molar-refractivity contribution is 5.79. The second kappa shape index (κ2) is 6.25. The van der Waals surface area contributed by atoms with Crippen molar-refractivity contribution in [3.8, 4) is 0 Å². The first-order chi connectivity index (χ1) is 11.2. The molecule has 1 amide bonds. The van der Waals surface area contributed by atoms with E-state index in [1.807, 2.05) is 4.90 Å². The third-order valence-corrected chi connectivity index (χ3v) is 5.55. The summed E-state index contributed by atoms with van der Waals surface area (Å²) in [6.45, 7) is 6.44.